The smallest absolute Gasteiger partial charge is 0.160 e. The summed E-state index contributed by atoms with van der Waals surface area (Å²) in [5, 5.41) is 1.87. The quantitative estimate of drug-likeness (QED) is 0.625. The Morgan fingerprint density at radius 1 is 1.78 bits per heavy atom. The highest BCUT2D eigenvalue weighted by Crippen LogP contribution is 2.12. The SMILES string of the molecule is NCc1ccsc1C=O. The van der Waals surface area contributed by atoms with Gasteiger partial charge >= 0.3 is 0 Å². The Morgan fingerprint density at radius 2 is 2.56 bits per heavy atom. The summed E-state index contributed by atoms with van der Waals surface area (Å²) in [6, 6.07) is 1.87. The van der Waals surface area contributed by atoms with Gasteiger partial charge in [0.2, 0.25) is 0 Å². The number of carbonyl (C=O) groups excluding carboxylic acids is 1. The average Bonchev–Trinajstić information content (AvgIpc) is 2.33. The molecule has 1 heterocycles. The third-order valence-electron chi connectivity index (χ3n) is 1.11. The summed E-state index contributed by atoms with van der Waals surface area (Å²) in [4.78, 5) is 10.9. The van der Waals surface area contributed by atoms with Crippen LogP contribution in [0.5, 0.6) is 0 Å². The number of nitrogens with two attached hydrogens (primary N) is 1. The summed E-state index contributed by atoms with van der Waals surface area (Å²) in [6.07, 6.45) is 0.840. The molecule has 0 aliphatic heterocycles. The molecular weight excluding hydrogens is 134 g/mol. The van der Waals surface area contributed by atoms with Crippen molar-refractivity contribution in [1.29, 1.82) is 0 Å². The maximum absolute atomic E-state index is 10.2. The summed E-state index contributed by atoms with van der Waals surface area (Å²) in [5.41, 5.74) is 6.26. The molecule has 0 saturated heterocycles. The molecule has 1 aromatic rings. The Balaban J connectivity index is 2.98. The predicted molar refractivity (Wildman–Crippen MR) is 37.6 cm³/mol. The lowest BCUT2D eigenvalue weighted by Gasteiger charge is -1.87. The van der Waals surface area contributed by atoms with E-state index in [4.69, 9.17) is 5.73 Å². The molecule has 1 aromatic heterocycles. The first-order chi connectivity index (χ1) is 4.38. The van der Waals surface area contributed by atoms with E-state index in [1.807, 2.05) is 11.4 Å². The number of hydrogen-bond acceptors (Lipinski definition) is 3. The molecule has 0 aromatic carbocycles. The van der Waals surface area contributed by atoms with E-state index in [1.165, 1.54) is 11.3 Å². The van der Waals surface area contributed by atoms with Crippen LogP contribution in [0.3, 0.4) is 0 Å². The second-order valence-corrected chi connectivity index (χ2v) is 2.58. The van der Waals surface area contributed by atoms with Crippen molar-refractivity contribution in [3.05, 3.63) is 21.9 Å². The van der Waals surface area contributed by atoms with Gasteiger partial charge in [0.1, 0.15) is 0 Å². The summed E-state index contributed by atoms with van der Waals surface area (Å²) in [6.45, 7) is 0.456. The Morgan fingerprint density at radius 3 is 3.00 bits per heavy atom. The zero-order valence-electron chi connectivity index (χ0n) is 4.83. The second kappa shape index (κ2) is 2.75. The van der Waals surface area contributed by atoms with Crippen LogP contribution in [0, 0.1) is 0 Å². The fourth-order valence-corrected chi connectivity index (χ4v) is 1.36. The van der Waals surface area contributed by atoms with Gasteiger partial charge in [-0.3, -0.25) is 4.79 Å². The second-order valence-electron chi connectivity index (χ2n) is 1.63. The molecule has 48 valence electrons. The molecule has 0 atom stereocenters. The van der Waals surface area contributed by atoms with Crippen molar-refractivity contribution < 1.29 is 4.79 Å². The van der Waals surface area contributed by atoms with Crippen molar-refractivity contribution in [3.8, 4) is 0 Å². The number of hydrogen-bond donors (Lipinski definition) is 1. The van der Waals surface area contributed by atoms with Gasteiger partial charge in [0.05, 0.1) is 4.88 Å². The van der Waals surface area contributed by atoms with Crippen LogP contribution in [0.15, 0.2) is 11.4 Å². The van der Waals surface area contributed by atoms with Crippen LogP contribution in [-0.4, -0.2) is 6.29 Å². The van der Waals surface area contributed by atoms with E-state index in [0.717, 1.165) is 16.7 Å². The number of rotatable bonds is 2. The van der Waals surface area contributed by atoms with Crippen LogP contribution in [-0.2, 0) is 6.54 Å². The highest BCUT2D eigenvalue weighted by molar-refractivity contribution is 7.11. The van der Waals surface area contributed by atoms with Gasteiger partial charge in [-0.05, 0) is 17.0 Å². The minimum absolute atomic E-state index is 0.456. The van der Waals surface area contributed by atoms with E-state index in [-0.39, 0.29) is 0 Å². The van der Waals surface area contributed by atoms with Crippen LogP contribution in [0.4, 0.5) is 0 Å². The number of carbonyl (C=O) groups is 1. The zero-order valence-corrected chi connectivity index (χ0v) is 5.65. The molecule has 3 heteroatoms. The first-order valence-corrected chi connectivity index (χ1v) is 3.48. The minimum atomic E-state index is 0.456. The summed E-state index contributed by atoms with van der Waals surface area (Å²) >= 11 is 1.43. The van der Waals surface area contributed by atoms with Crippen molar-refractivity contribution >= 4 is 17.6 Å². The van der Waals surface area contributed by atoms with Crippen LogP contribution in [0.2, 0.25) is 0 Å². The lowest BCUT2D eigenvalue weighted by atomic mass is 10.3. The van der Waals surface area contributed by atoms with E-state index in [0.29, 0.717) is 6.54 Å². The van der Waals surface area contributed by atoms with Crippen molar-refractivity contribution in [2.24, 2.45) is 5.73 Å². The Labute approximate surface area is 57.3 Å². The zero-order chi connectivity index (χ0) is 6.69. The minimum Gasteiger partial charge on any atom is -0.326 e. The average molecular weight is 141 g/mol. The highest BCUT2D eigenvalue weighted by Gasteiger charge is 1.97. The highest BCUT2D eigenvalue weighted by atomic mass is 32.1. The monoisotopic (exact) mass is 141 g/mol. The fourth-order valence-electron chi connectivity index (χ4n) is 0.619. The molecule has 0 amide bonds. The molecule has 0 unspecified atom stereocenters. The topological polar surface area (TPSA) is 43.1 Å². The third kappa shape index (κ3) is 1.17. The Hall–Kier alpha value is -0.670. The van der Waals surface area contributed by atoms with E-state index < -0.39 is 0 Å². The van der Waals surface area contributed by atoms with Crippen LogP contribution in [0.25, 0.3) is 0 Å². The lowest BCUT2D eigenvalue weighted by molar-refractivity contribution is 0.112. The molecule has 2 N–H and O–H groups in total. The van der Waals surface area contributed by atoms with Crippen molar-refractivity contribution in [2.45, 2.75) is 6.54 Å². The van der Waals surface area contributed by atoms with E-state index in [1.54, 1.807) is 0 Å². The van der Waals surface area contributed by atoms with Crippen molar-refractivity contribution in [1.82, 2.24) is 0 Å². The Bertz CT molecular complexity index is 207. The molecule has 9 heavy (non-hydrogen) atoms. The first-order valence-electron chi connectivity index (χ1n) is 2.60. The third-order valence-corrected chi connectivity index (χ3v) is 1.99. The summed E-state index contributed by atoms with van der Waals surface area (Å²) in [7, 11) is 0. The van der Waals surface area contributed by atoms with Gasteiger partial charge in [-0.2, -0.15) is 0 Å². The first kappa shape index (κ1) is 6.45. The lowest BCUT2D eigenvalue weighted by Crippen LogP contribution is -1.96. The molecule has 0 saturated carbocycles. The predicted octanol–water partition coefficient (Wildman–Crippen LogP) is 1.02. The van der Waals surface area contributed by atoms with Crippen LogP contribution < -0.4 is 5.73 Å². The maximum atomic E-state index is 10.2. The van der Waals surface area contributed by atoms with Gasteiger partial charge in [-0.15, -0.1) is 11.3 Å². The number of aldehydes is 1. The molecular formula is C6H7NOS. The van der Waals surface area contributed by atoms with Crippen molar-refractivity contribution in [2.75, 3.05) is 0 Å². The largest absolute Gasteiger partial charge is 0.326 e. The normalized spacial score (nSPS) is 9.44. The van der Waals surface area contributed by atoms with Gasteiger partial charge in [-0.25, -0.2) is 0 Å². The molecule has 0 bridgehead atoms. The van der Waals surface area contributed by atoms with Gasteiger partial charge in [0.15, 0.2) is 6.29 Å². The fraction of sp³-hybridized carbons (Fsp3) is 0.167. The van der Waals surface area contributed by atoms with Gasteiger partial charge in [0, 0.05) is 6.54 Å². The summed E-state index contributed by atoms with van der Waals surface area (Å²) in [5.74, 6) is 0. The van der Waals surface area contributed by atoms with E-state index >= 15 is 0 Å². The Kier molecular flexibility index (Phi) is 1.97. The van der Waals surface area contributed by atoms with Crippen molar-refractivity contribution in [3.63, 3.8) is 0 Å². The van der Waals surface area contributed by atoms with Crippen LogP contribution in [0.1, 0.15) is 15.2 Å². The molecule has 0 spiro atoms. The molecule has 2 nitrogen and oxygen atoms in total. The molecule has 0 aliphatic carbocycles. The van der Waals surface area contributed by atoms with Gasteiger partial charge < -0.3 is 5.73 Å². The molecule has 0 fully saturated rings. The van der Waals surface area contributed by atoms with Crippen LogP contribution >= 0.6 is 11.3 Å². The number of thiophene rings is 1. The summed E-state index contributed by atoms with van der Waals surface area (Å²) < 4.78 is 0. The molecule has 0 aliphatic rings. The maximum Gasteiger partial charge on any atom is 0.160 e. The van der Waals surface area contributed by atoms with E-state index in [2.05, 4.69) is 0 Å². The molecule has 0 radical (unpaired) electrons. The van der Waals surface area contributed by atoms with Gasteiger partial charge in [0.25, 0.3) is 0 Å². The standard InChI is InChI=1S/C6H7NOS/c7-3-5-1-2-9-6(5)4-8/h1-2,4H,3,7H2. The van der Waals surface area contributed by atoms with E-state index in [9.17, 15) is 4.79 Å². The molecule has 1 rings (SSSR count). The van der Waals surface area contributed by atoms with Gasteiger partial charge in [-0.1, -0.05) is 0 Å².